The van der Waals surface area contributed by atoms with Crippen molar-refractivity contribution in [3.8, 4) is 11.4 Å². The predicted molar refractivity (Wildman–Crippen MR) is 280 cm³/mol. The molecule has 3 aliphatic heterocycles. The van der Waals surface area contributed by atoms with Gasteiger partial charge in [0, 0.05) is 59.4 Å². The molecule has 5 aliphatic rings. The zero-order chi connectivity index (χ0) is 56.3. The third-order valence-corrected chi connectivity index (χ3v) is 15.7. The highest BCUT2D eigenvalue weighted by Gasteiger charge is 2.55. The lowest BCUT2D eigenvalue weighted by Gasteiger charge is -2.31. The lowest BCUT2D eigenvalue weighted by Crippen LogP contribution is -2.52. The molecule has 7 amide bonds. The van der Waals surface area contributed by atoms with Crippen LogP contribution in [0.2, 0.25) is 0 Å². The molecule has 0 spiro atoms. The van der Waals surface area contributed by atoms with Crippen LogP contribution in [0.3, 0.4) is 0 Å². The van der Waals surface area contributed by atoms with E-state index in [1.807, 2.05) is 6.92 Å². The summed E-state index contributed by atoms with van der Waals surface area (Å²) >= 11 is 0. The smallest absolute Gasteiger partial charge is 0.343 e. The number of hydrogen-bond acceptors (Lipinski definition) is 14. The summed E-state index contributed by atoms with van der Waals surface area (Å²) in [6, 6.07) is 10.1. The summed E-state index contributed by atoms with van der Waals surface area (Å²) in [5.74, 6) is -5.18. The average molecular weight is 1090 g/mol. The van der Waals surface area contributed by atoms with Crippen LogP contribution in [0.25, 0.3) is 22.3 Å². The minimum absolute atomic E-state index is 0.0322. The van der Waals surface area contributed by atoms with E-state index in [1.54, 1.807) is 50.2 Å². The molecule has 9 rings (SSSR count). The Labute approximate surface area is 453 Å². The van der Waals surface area contributed by atoms with Crippen LogP contribution in [0.15, 0.2) is 59.4 Å². The van der Waals surface area contributed by atoms with E-state index >= 15 is 4.39 Å². The maximum atomic E-state index is 15.5. The highest BCUT2D eigenvalue weighted by molar-refractivity contribution is 5.95. The molecule has 1 unspecified atom stereocenters. The number of halogens is 1. The highest BCUT2D eigenvalue weighted by Crippen LogP contribution is 2.53. The number of pyridine rings is 2. The Kier molecular flexibility index (Phi) is 16.4. The van der Waals surface area contributed by atoms with Crippen LogP contribution in [-0.4, -0.2) is 124 Å². The number of cyclic esters (lactones) is 1. The van der Waals surface area contributed by atoms with Crippen molar-refractivity contribution in [1.82, 2.24) is 46.4 Å². The Balaban J connectivity index is 0.735. The average Bonchev–Trinajstić information content (AvgIpc) is 3.80. The van der Waals surface area contributed by atoms with Crippen LogP contribution >= 0.6 is 0 Å². The summed E-state index contributed by atoms with van der Waals surface area (Å²) in [5, 5.41) is 37.8. The zero-order valence-corrected chi connectivity index (χ0v) is 44.1. The van der Waals surface area contributed by atoms with Crippen molar-refractivity contribution in [2.24, 2.45) is 11.3 Å². The standard InChI is InChI=1S/C56H64FN9O13/c1-4-56(77)35-20-41-50-33(26-66(41)53(75)34(35)27-79-54(56)76)49-38(15-14-32-30(2)37(57)21-39(63-50)48(32)49)64-51(73)36-22-55(36,3)28-78-29-61-44(69)24-60-52(74)40(19-31-11-7-5-8-12-31)62-45(70)25-59-43(68)23-58-42(67)13-9-6-10-18-65-46(71)16-17-47(65)72/h5,7-8,11-12,16-17,20-21,36,38,40,46,71,77H,4,6,9-10,13-15,18-19,22-29H2,1-3H3,(H,58,67)(H,59,68)(H,60,74)(H,61,69)(H,62,70)(H,64,73)/t36-,38+,40+,46?,55-,56+/m1/s1. The van der Waals surface area contributed by atoms with E-state index in [-0.39, 0.29) is 81.1 Å². The monoisotopic (exact) mass is 1090 g/mol. The first-order valence-electron chi connectivity index (χ1n) is 26.6. The van der Waals surface area contributed by atoms with Gasteiger partial charge >= 0.3 is 5.97 Å². The second-order valence-corrected chi connectivity index (χ2v) is 21.1. The largest absolute Gasteiger partial charge is 0.458 e. The van der Waals surface area contributed by atoms with Gasteiger partial charge in [-0.25, -0.2) is 14.2 Å². The Hall–Kier alpha value is -7.89. The molecule has 8 N–H and O–H groups in total. The fourth-order valence-corrected chi connectivity index (χ4v) is 11.0. The van der Waals surface area contributed by atoms with Crippen molar-refractivity contribution >= 4 is 58.2 Å². The Morgan fingerprint density at radius 1 is 0.924 bits per heavy atom. The van der Waals surface area contributed by atoms with Crippen molar-refractivity contribution in [3.63, 3.8) is 0 Å². The normalized spacial score (nSPS) is 21.5. The lowest BCUT2D eigenvalue weighted by atomic mass is 9.81. The van der Waals surface area contributed by atoms with Crippen LogP contribution < -0.4 is 37.5 Å². The van der Waals surface area contributed by atoms with Gasteiger partial charge in [-0.15, -0.1) is 0 Å². The fraction of sp³-hybridized carbons (Fsp3) is 0.464. The van der Waals surface area contributed by atoms with Gasteiger partial charge in [-0.1, -0.05) is 50.6 Å². The molecular weight excluding hydrogens is 1030 g/mol. The molecule has 0 bridgehead atoms. The molecule has 0 radical (unpaired) electrons. The molecule has 5 heterocycles. The zero-order valence-electron chi connectivity index (χ0n) is 44.1. The number of aromatic nitrogens is 2. The second kappa shape index (κ2) is 23.2. The maximum absolute atomic E-state index is 15.5. The quantitative estimate of drug-likeness (QED) is 0.0258. The van der Waals surface area contributed by atoms with E-state index < -0.39 is 89.3 Å². The van der Waals surface area contributed by atoms with Crippen molar-refractivity contribution in [1.29, 1.82) is 0 Å². The number of ether oxygens (including phenoxy) is 2. The first-order valence-corrected chi connectivity index (χ1v) is 26.6. The van der Waals surface area contributed by atoms with Gasteiger partial charge in [0.2, 0.25) is 41.4 Å². The van der Waals surface area contributed by atoms with E-state index in [0.29, 0.717) is 84.1 Å². The van der Waals surface area contributed by atoms with Crippen molar-refractivity contribution < 1.29 is 62.4 Å². The molecule has 0 saturated heterocycles. The summed E-state index contributed by atoms with van der Waals surface area (Å²) in [4.78, 5) is 123. The van der Waals surface area contributed by atoms with Gasteiger partial charge < -0.3 is 61.1 Å². The number of aliphatic hydroxyl groups excluding tert-OH is 1. The molecule has 22 nitrogen and oxygen atoms in total. The van der Waals surface area contributed by atoms with Gasteiger partial charge in [-0.3, -0.25) is 38.4 Å². The first-order chi connectivity index (χ1) is 37.8. The summed E-state index contributed by atoms with van der Waals surface area (Å²) in [6.45, 7) is 3.91. The minimum Gasteiger partial charge on any atom is -0.458 e. The summed E-state index contributed by atoms with van der Waals surface area (Å²) in [6.07, 6.45) is 5.03. The Morgan fingerprint density at radius 2 is 1.66 bits per heavy atom. The molecule has 2 aromatic carbocycles. The van der Waals surface area contributed by atoms with Gasteiger partial charge in [0.05, 0.1) is 61.3 Å². The molecule has 79 heavy (non-hydrogen) atoms. The number of benzene rings is 2. The van der Waals surface area contributed by atoms with Crippen LogP contribution in [0.4, 0.5) is 4.39 Å². The van der Waals surface area contributed by atoms with E-state index in [0.717, 1.165) is 11.1 Å². The number of amides is 7. The number of esters is 1. The van der Waals surface area contributed by atoms with Crippen LogP contribution in [-0.2, 0) is 79.4 Å². The molecular formula is C56H64FN9O13. The highest BCUT2D eigenvalue weighted by atomic mass is 19.1. The van der Waals surface area contributed by atoms with Crippen molar-refractivity contribution in [2.75, 3.05) is 39.5 Å². The number of hydrogen-bond donors (Lipinski definition) is 8. The summed E-state index contributed by atoms with van der Waals surface area (Å²) in [5.41, 5.74) is 1.76. The second-order valence-electron chi connectivity index (χ2n) is 21.1. The van der Waals surface area contributed by atoms with E-state index in [9.17, 15) is 53.4 Å². The third kappa shape index (κ3) is 11.8. The number of unbranched alkanes of at least 4 members (excludes halogenated alkanes) is 2. The van der Waals surface area contributed by atoms with Gasteiger partial charge in [-0.05, 0) is 79.8 Å². The van der Waals surface area contributed by atoms with Crippen molar-refractivity contribution in [3.05, 3.63) is 110 Å². The Bertz CT molecular complexity index is 3240. The molecule has 1 fully saturated rings. The number of fused-ring (bicyclic) bond motifs is 5. The molecule has 6 atom stereocenters. The van der Waals surface area contributed by atoms with Crippen LogP contribution in [0, 0.1) is 24.1 Å². The van der Waals surface area contributed by atoms with Gasteiger partial charge in [0.1, 0.15) is 31.4 Å². The number of rotatable bonds is 23. The fourth-order valence-electron chi connectivity index (χ4n) is 11.0. The van der Waals surface area contributed by atoms with Gasteiger partial charge in [0.25, 0.3) is 5.56 Å². The number of aryl methyl sites for hydroxylation is 1. The number of aliphatic hydroxyl groups is 2. The van der Waals surface area contributed by atoms with Crippen LogP contribution in [0.5, 0.6) is 0 Å². The molecule has 4 aromatic rings. The lowest BCUT2D eigenvalue weighted by molar-refractivity contribution is -0.172. The summed E-state index contributed by atoms with van der Waals surface area (Å²) < 4.78 is 28.0. The molecule has 1 saturated carbocycles. The first kappa shape index (κ1) is 55.9. The Morgan fingerprint density at radius 3 is 2.41 bits per heavy atom. The van der Waals surface area contributed by atoms with Gasteiger partial charge in [0.15, 0.2) is 5.60 Å². The van der Waals surface area contributed by atoms with Gasteiger partial charge in [-0.2, -0.15) is 0 Å². The molecule has 23 heteroatoms. The SMILES string of the molecule is CC[C@@]1(O)C(=O)OCc2c1cc1n(c2=O)Cc2c-1nc1cc(F)c(C)c3c1c2[C@@H](NC(=O)[C@H]1C[C@]1(C)COCNC(=O)CNC(=O)[C@H](Cc1ccccc1)NC(=O)CNC(=O)CNC(=O)CCCCCN1C(=O)C=CC1O)CC3. The number of carbonyl (C=O) groups excluding carboxylic acids is 8. The number of carbonyl (C=O) groups is 8. The summed E-state index contributed by atoms with van der Waals surface area (Å²) in [7, 11) is 0. The van der Waals surface area contributed by atoms with E-state index in [4.69, 9.17) is 14.5 Å². The molecule has 2 aliphatic carbocycles. The molecule has 2 aromatic heterocycles. The minimum atomic E-state index is -2.03. The maximum Gasteiger partial charge on any atom is 0.343 e. The third-order valence-electron chi connectivity index (χ3n) is 15.7. The van der Waals surface area contributed by atoms with Crippen molar-refractivity contribution in [2.45, 2.75) is 116 Å². The van der Waals surface area contributed by atoms with E-state index in [1.165, 1.54) is 27.7 Å². The number of nitrogens with zero attached hydrogens (tertiary/aromatic N) is 3. The molecule has 418 valence electrons. The van der Waals surface area contributed by atoms with E-state index in [2.05, 4.69) is 31.9 Å². The number of nitrogens with one attached hydrogen (secondary N) is 6. The topological polar surface area (TPSA) is 306 Å². The predicted octanol–water partition coefficient (Wildman–Crippen LogP) is 1.10. The van der Waals surface area contributed by atoms with Crippen LogP contribution in [0.1, 0.15) is 104 Å².